The van der Waals surface area contributed by atoms with E-state index in [4.69, 9.17) is 0 Å². The van der Waals surface area contributed by atoms with Gasteiger partial charge in [0.2, 0.25) is 0 Å². The summed E-state index contributed by atoms with van der Waals surface area (Å²) in [5.74, 6) is 0.991. The van der Waals surface area contributed by atoms with Crippen LogP contribution in [0.15, 0.2) is 46.0 Å². The Balaban J connectivity index is 1.97. The van der Waals surface area contributed by atoms with Crippen molar-refractivity contribution in [2.75, 3.05) is 12.8 Å². The molecule has 0 bridgehead atoms. The van der Waals surface area contributed by atoms with Gasteiger partial charge in [-0.15, -0.1) is 11.8 Å². The molecule has 0 aliphatic heterocycles. The molecule has 0 amide bonds. The number of aromatic nitrogens is 2. The first-order valence-corrected chi connectivity index (χ1v) is 8.58. The fraction of sp³-hybridized carbons (Fsp3) is 0.400. The van der Waals surface area contributed by atoms with E-state index < -0.39 is 0 Å². The normalized spacial score (nSPS) is 12.6. The fourth-order valence-corrected chi connectivity index (χ4v) is 3.65. The number of nitrogens with one attached hydrogen (secondary N) is 1. The molecule has 0 radical (unpaired) electrons. The number of hydrogen-bond donors (Lipinski definition) is 1. The number of aryl methyl sites for hydroxylation is 1. The lowest BCUT2D eigenvalue weighted by atomic mass is 10.2. The van der Waals surface area contributed by atoms with Crippen molar-refractivity contribution >= 4 is 27.7 Å². The molecule has 2 aromatic rings. The Morgan fingerprint density at radius 1 is 1.45 bits per heavy atom. The van der Waals surface area contributed by atoms with E-state index in [0.717, 1.165) is 23.2 Å². The Morgan fingerprint density at radius 2 is 2.30 bits per heavy atom. The first-order valence-electron chi connectivity index (χ1n) is 6.81. The molecule has 5 heteroatoms. The molecule has 20 heavy (non-hydrogen) atoms. The average Bonchev–Trinajstić information content (AvgIpc) is 2.89. The predicted octanol–water partition coefficient (Wildman–Crippen LogP) is 4.11. The van der Waals surface area contributed by atoms with Crippen LogP contribution >= 0.6 is 27.7 Å². The lowest BCUT2D eigenvalue weighted by molar-refractivity contribution is 0.599. The van der Waals surface area contributed by atoms with E-state index in [2.05, 4.69) is 57.7 Å². The highest BCUT2D eigenvalue weighted by atomic mass is 79.9. The molecule has 1 aromatic heterocycles. The van der Waals surface area contributed by atoms with Crippen LogP contribution in [0, 0.1) is 0 Å². The van der Waals surface area contributed by atoms with Crippen molar-refractivity contribution < 1.29 is 0 Å². The van der Waals surface area contributed by atoms with Crippen molar-refractivity contribution in [3.05, 3.63) is 46.7 Å². The van der Waals surface area contributed by atoms with E-state index in [9.17, 15) is 0 Å². The zero-order valence-corrected chi connectivity index (χ0v) is 14.2. The number of halogens is 1. The highest BCUT2D eigenvalue weighted by Gasteiger charge is 2.12. The fourth-order valence-electron chi connectivity index (χ4n) is 1.99. The molecule has 1 N–H and O–H groups in total. The van der Waals surface area contributed by atoms with E-state index in [0.29, 0.717) is 6.04 Å². The van der Waals surface area contributed by atoms with Crippen LogP contribution in [0.3, 0.4) is 0 Å². The van der Waals surface area contributed by atoms with E-state index in [1.807, 2.05) is 35.8 Å². The highest BCUT2D eigenvalue weighted by Crippen LogP contribution is 2.26. The van der Waals surface area contributed by atoms with Crippen LogP contribution in [0.4, 0.5) is 0 Å². The molecule has 1 aromatic carbocycles. The molecule has 0 aliphatic rings. The van der Waals surface area contributed by atoms with Crippen molar-refractivity contribution in [3.8, 4) is 0 Å². The summed E-state index contributed by atoms with van der Waals surface area (Å²) >= 11 is 5.36. The van der Waals surface area contributed by atoms with E-state index >= 15 is 0 Å². The van der Waals surface area contributed by atoms with Crippen LogP contribution in [0.5, 0.6) is 0 Å². The summed E-state index contributed by atoms with van der Waals surface area (Å²) in [5.41, 5.74) is 1.25. The summed E-state index contributed by atoms with van der Waals surface area (Å²) in [7, 11) is 2.00. The minimum absolute atomic E-state index is 0.324. The summed E-state index contributed by atoms with van der Waals surface area (Å²) in [5, 5.41) is 7.78. The van der Waals surface area contributed by atoms with Crippen LogP contribution in [-0.2, 0) is 6.54 Å². The molecule has 1 heterocycles. The number of rotatable bonds is 7. The molecule has 1 unspecified atom stereocenters. The van der Waals surface area contributed by atoms with E-state index in [1.165, 1.54) is 10.5 Å². The van der Waals surface area contributed by atoms with E-state index in [1.54, 1.807) is 0 Å². The van der Waals surface area contributed by atoms with Crippen molar-refractivity contribution in [1.82, 2.24) is 15.1 Å². The van der Waals surface area contributed by atoms with Crippen LogP contribution < -0.4 is 5.32 Å². The summed E-state index contributed by atoms with van der Waals surface area (Å²) in [4.78, 5) is 1.28. The van der Waals surface area contributed by atoms with Gasteiger partial charge in [-0.3, -0.25) is 4.68 Å². The Kier molecular flexibility index (Phi) is 6.13. The topological polar surface area (TPSA) is 29.9 Å². The molecule has 0 spiro atoms. The molecule has 1 atom stereocenters. The van der Waals surface area contributed by atoms with Gasteiger partial charge in [0.15, 0.2) is 0 Å². The second-order valence-electron chi connectivity index (χ2n) is 4.65. The van der Waals surface area contributed by atoms with Crippen LogP contribution in [-0.4, -0.2) is 22.6 Å². The lowest BCUT2D eigenvalue weighted by Crippen LogP contribution is -2.18. The van der Waals surface area contributed by atoms with E-state index in [-0.39, 0.29) is 0 Å². The standard InChI is InChI=1S/C15H20BrN3S/c1-3-7-19-10-12(9-18-19)15(17-2)11-20-14-6-4-5-13(16)8-14/h4-6,8-10,15,17H,3,7,11H2,1-2H3. The van der Waals surface area contributed by atoms with Crippen molar-refractivity contribution in [2.45, 2.75) is 30.8 Å². The lowest BCUT2D eigenvalue weighted by Gasteiger charge is -2.14. The molecular weight excluding hydrogens is 334 g/mol. The van der Waals surface area contributed by atoms with Crippen molar-refractivity contribution in [3.63, 3.8) is 0 Å². The van der Waals surface area contributed by atoms with Gasteiger partial charge in [-0.25, -0.2) is 0 Å². The minimum Gasteiger partial charge on any atom is -0.312 e. The Bertz CT molecular complexity index is 541. The zero-order chi connectivity index (χ0) is 14.4. The number of thioether (sulfide) groups is 1. The second kappa shape index (κ2) is 7.86. The highest BCUT2D eigenvalue weighted by molar-refractivity contribution is 9.10. The van der Waals surface area contributed by atoms with Gasteiger partial charge in [-0.1, -0.05) is 28.9 Å². The molecule has 3 nitrogen and oxygen atoms in total. The van der Waals surface area contributed by atoms with Gasteiger partial charge in [0.25, 0.3) is 0 Å². The second-order valence-corrected chi connectivity index (χ2v) is 6.66. The molecule has 0 fully saturated rings. The zero-order valence-electron chi connectivity index (χ0n) is 11.8. The third kappa shape index (κ3) is 4.36. The minimum atomic E-state index is 0.324. The van der Waals surface area contributed by atoms with Gasteiger partial charge in [0.1, 0.15) is 0 Å². The van der Waals surface area contributed by atoms with Crippen LogP contribution in [0.1, 0.15) is 24.9 Å². The maximum Gasteiger partial charge on any atom is 0.0537 e. The summed E-state index contributed by atoms with van der Waals surface area (Å²) in [6.07, 6.45) is 5.22. The maximum atomic E-state index is 4.40. The Labute approximate surface area is 133 Å². The van der Waals surface area contributed by atoms with Gasteiger partial charge in [0.05, 0.1) is 6.20 Å². The van der Waals surface area contributed by atoms with Crippen molar-refractivity contribution in [1.29, 1.82) is 0 Å². The van der Waals surface area contributed by atoms with Crippen molar-refractivity contribution in [2.24, 2.45) is 0 Å². The third-order valence-electron chi connectivity index (χ3n) is 3.07. The summed E-state index contributed by atoms with van der Waals surface area (Å²) in [6, 6.07) is 8.74. The van der Waals surface area contributed by atoms with Crippen LogP contribution in [0.2, 0.25) is 0 Å². The van der Waals surface area contributed by atoms with Gasteiger partial charge in [-0.05, 0) is 31.7 Å². The first kappa shape index (κ1) is 15.6. The molecule has 0 saturated heterocycles. The number of nitrogens with zero attached hydrogens (tertiary/aromatic N) is 2. The summed E-state index contributed by atoms with van der Waals surface area (Å²) in [6.45, 7) is 3.15. The number of hydrogen-bond acceptors (Lipinski definition) is 3. The van der Waals surface area contributed by atoms with Gasteiger partial charge < -0.3 is 5.32 Å². The molecular formula is C15H20BrN3S. The van der Waals surface area contributed by atoms with Gasteiger partial charge >= 0.3 is 0 Å². The summed E-state index contributed by atoms with van der Waals surface area (Å²) < 4.78 is 3.14. The van der Waals surface area contributed by atoms with Gasteiger partial charge in [0, 0.05) is 39.5 Å². The Morgan fingerprint density at radius 3 is 3.00 bits per heavy atom. The maximum absolute atomic E-state index is 4.40. The Hall–Kier alpha value is -0.780. The molecule has 2 rings (SSSR count). The monoisotopic (exact) mass is 353 g/mol. The number of benzene rings is 1. The third-order valence-corrected chi connectivity index (χ3v) is 4.65. The largest absolute Gasteiger partial charge is 0.312 e. The van der Waals surface area contributed by atoms with Crippen LogP contribution in [0.25, 0.3) is 0 Å². The molecule has 0 aliphatic carbocycles. The first-order chi connectivity index (χ1) is 9.72. The average molecular weight is 354 g/mol. The molecule has 0 saturated carbocycles. The SMILES string of the molecule is CCCn1cc(C(CSc2cccc(Br)c2)NC)cn1. The smallest absolute Gasteiger partial charge is 0.0537 e. The van der Waals surface area contributed by atoms with Gasteiger partial charge in [-0.2, -0.15) is 5.10 Å². The predicted molar refractivity (Wildman–Crippen MR) is 89.2 cm³/mol. The molecule has 108 valence electrons. The quantitative estimate of drug-likeness (QED) is 0.759.